The second-order valence-corrected chi connectivity index (χ2v) is 28.4. The van der Waals surface area contributed by atoms with Crippen molar-refractivity contribution in [1.82, 2.24) is 35.3 Å². The highest BCUT2D eigenvalue weighted by Gasteiger charge is 2.48. The number of aryl methyl sites for hydroxylation is 1. The molecular formula is C72H105N13O14S. The van der Waals surface area contributed by atoms with Crippen molar-refractivity contribution >= 4 is 87.0 Å². The molecule has 548 valence electrons. The number of carbonyl (C=O) groups excluding carboxylic acids is 8. The van der Waals surface area contributed by atoms with Crippen molar-refractivity contribution in [2.24, 2.45) is 75.7 Å². The zero-order valence-corrected chi connectivity index (χ0v) is 60.8. The number of aromatic nitrogens is 3. The van der Waals surface area contributed by atoms with Crippen LogP contribution in [0.3, 0.4) is 0 Å². The standard InChI is InChI=1S/C28H33N3O4.C23H37N3O4.C21H35N7O6S/c1-18(2)14-25(26(33)16-32)31-13-12-28(29,27(31)34)21-8-10-22(11-9-21)35-17-20-15-19(3)30-24-7-5-4-6-23(20)24;1-7-17(6)18(23(29)25-21-10-8-9-11-24-21)13-20(28)19(12-15(2)3)22(16(4)5)26(30)14-27;1-13(2)10-16(18(14(3)4)27(32)12-29)17(30)11-15(19(31)25-21-24-8-9-35-21)6-5-7-23-20(22)26-28(33)34/h4-11,15,18,25,32H,12-14,16-17,29H2,1-3H3;8-11,14-19,22,30H,7,12-13H2,1-6H3,(H,24,25,29);8-9,12-16,18,32H,5-7,10-11H2,1-4H3,(H3,22,23,26)(H,24,25,31)/t25-,28-;17-,18-,19-,22-;15-,16+,18+/m101/s1. The Morgan fingerprint density at radius 1 is 0.790 bits per heavy atom. The normalized spacial score (nSPS) is 16.2. The van der Waals surface area contributed by atoms with Gasteiger partial charge in [0.1, 0.15) is 47.0 Å². The van der Waals surface area contributed by atoms with Crippen LogP contribution >= 0.6 is 11.3 Å². The molecule has 0 saturated carbocycles. The number of ether oxygens (including phenoxy) is 1. The average Bonchev–Trinajstić information content (AvgIpc) is 1.67. The Balaban J connectivity index is 0.000000320. The van der Waals surface area contributed by atoms with E-state index in [1.807, 2.05) is 145 Å². The Morgan fingerprint density at radius 2 is 1.38 bits per heavy atom. The fraction of sp³-hybridized carbons (Fsp3) is 0.556. The third-order valence-electron chi connectivity index (χ3n) is 17.7. The van der Waals surface area contributed by atoms with Crippen LogP contribution in [0.15, 0.2) is 95.7 Å². The summed E-state index contributed by atoms with van der Waals surface area (Å²) in [4.78, 5) is 126. The monoisotopic (exact) mass is 1410 g/mol. The first-order chi connectivity index (χ1) is 47.3. The van der Waals surface area contributed by atoms with Gasteiger partial charge in [0.25, 0.3) is 5.96 Å². The van der Waals surface area contributed by atoms with E-state index in [1.165, 1.54) is 11.3 Å². The Kier molecular flexibility index (Phi) is 34.4. The molecule has 1 fully saturated rings. The lowest BCUT2D eigenvalue weighted by atomic mass is 9.77. The predicted molar refractivity (Wildman–Crippen MR) is 382 cm³/mol. The summed E-state index contributed by atoms with van der Waals surface area (Å²) in [5, 5.41) is 54.6. The number of likely N-dealkylation sites (tertiary alicyclic amines) is 1. The van der Waals surface area contributed by atoms with Crippen molar-refractivity contribution in [1.29, 1.82) is 0 Å². The van der Waals surface area contributed by atoms with Gasteiger partial charge in [0.05, 0.1) is 23.6 Å². The number of nitrogens with one attached hydrogen (secondary N) is 3. The molecule has 5 amide bonds. The van der Waals surface area contributed by atoms with E-state index >= 15 is 0 Å². The molecular weight excluding hydrogens is 1300 g/mol. The van der Waals surface area contributed by atoms with Crippen LogP contribution in [0.1, 0.15) is 158 Å². The minimum absolute atomic E-state index is 0.00818. The molecule has 1 aliphatic rings. The van der Waals surface area contributed by atoms with E-state index in [1.54, 1.807) is 40.9 Å². The minimum Gasteiger partial charge on any atom is -0.489 e. The van der Waals surface area contributed by atoms with Crippen molar-refractivity contribution in [3.63, 3.8) is 0 Å². The number of anilines is 2. The fourth-order valence-electron chi connectivity index (χ4n) is 12.6. The number of amides is 5. The molecule has 4 heterocycles. The number of nitrogens with two attached hydrogens (primary N) is 2. The number of hydroxylamine groups is 4. The summed E-state index contributed by atoms with van der Waals surface area (Å²) in [5.41, 5.74) is 14.4. The Labute approximate surface area is 590 Å². The molecule has 9 atom stereocenters. The second kappa shape index (κ2) is 41.1. The lowest BCUT2D eigenvalue weighted by molar-refractivity contribution is -0.485. The number of fused-ring (bicyclic) bond motifs is 1. The molecule has 0 bridgehead atoms. The molecule has 28 heteroatoms. The maximum atomic E-state index is 13.4. The maximum absolute atomic E-state index is 13.4. The van der Waals surface area contributed by atoms with Gasteiger partial charge in [0.15, 0.2) is 15.9 Å². The smallest absolute Gasteiger partial charge is 0.266 e. The number of ketones is 3. The maximum Gasteiger partial charge on any atom is 0.266 e. The van der Waals surface area contributed by atoms with Gasteiger partial charge in [-0.1, -0.05) is 126 Å². The summed E-state index contributed by atoms with van der Waals surface area (Å²) >= 11 is 1.24. The summed E-state index contributed by atoms with van der Waals surface area (Å²) in [6.45, 7) is 25.5. The molecule has 0 spiro atoms. The average molecular weight is 1410 g/mol. The van der Waals surface area contributed by atoms with Crippen molar-refractivity contribution in [3.8, 4) is 5.75 Å². The number of guanidine groups is 1. The number of carbonyl (C=O) groups is 8. The van der Waals surface area contributed by atoms with Gasteiger partial charge in [0, 0.05) is 84.0 Å². The number of Topliss-reactive ketones (excluding diaryl/α,β-unsaturated/α-hetero) is 3. The molecule has 10 N–H and O–H groups in total. The molecule has 0 radical (unpaired) electrons. The van der Waals surface area contributed by atoms with E-state index in [4.69, 9.17) is 16.2 Å². The summed E-state index contributed by atoms with van der Waals surface area (Å²) in [7, 11) is 0. The highest BCUT2D eigenvalue weighted by atomic mass is 32.1. The van der Waals surface area contributed by atoms with Gasteiger partial charge in [-0.3, -0.25) is 53.8 Å². The zero-order chi connectivity index (χ0) is 74.6. The van der Waals surface area contributed by atoms with E-state index in [-0.39, 0.29) is 102 Å². The molecule has 2 aromatic carbocycles. The number of nitrogens with zero attached hydrogens (tertiary/aromatic N) is 8. The van der Waals surface area contributed by atoms with Gasteiger partial charge >= 0.3 is 0 Å². The summed E-state index contributed by atoms with van der Waals surface area (Å²) in [6.07, 6.45) is 7.00. The van der Waals surface area contributed by atoms with Crippen LogP contribution in [0.5, 0.6) is 5.75 Å². The number of rotatable bonds is 38. The van der Waals surface area contributed by atoms with Crippen LogP contribution in [-0.4, -0.2) is 142 Å². The minimum atomic E-state index is -1.21. The van der Waals surface area contributed by atoms with Gasteiger partial charge in [0.2, 0.25) is 30.5 Å². The third kappa shape index (κ3) is 25.5. The van der Waals surface area contributed by atoms with E-state index in [9.17, 15) is 64.0 Å². The van der Waals surface area contributed by atoms with Crippen molar-refractivity contribution in [3.05, 3.63) is 118 Å². The number of nitro groups is 1. The van der Waals surface area contributed by atoms with E-state index in [0.29, 0.717) is 90.5 Å². The van der Waals surface area contributed by atoms with Crippen LogP contribution in [0, 0.1) is 76.2 Å². The molecule has 1 saturated heterocycles. The molecule has 27 nitrogen and oxygen atoms in total. The first kappa shape index (κ1) is 83.7. The van der Waals surface area contributed by atoms with Gasteiger partial charge in [-0.15, -0.1) is 11.3 Å². The van der Waals surface area contributed by atoms with Crippen LogP contribution in [0.4, 0.5) is 10.9 Å². The van der Waals surface area contributed by atoms with Crippen LogP contribution in [0.2, 0.25) is 0 Å². The molecule has 3 aromatic heterocycles. The molecule has 1 aliphatic heterocycles. The predicted octanol–water partition coefficient (Wildman–Crippen LogP) is 9.73. The Hall–Kier alpha value is -8.70. The number of hydrazone groups is 1. The van der Waals surface area contributed by atoms with E-state index in [0.717, 1.165) is 28.6 Å². The third-order valence-corrected chi connectivity index (χ3v) is 18.4. The number of hydrogen-bond donors (Lipinski definition) is 8. The summed E-state index contributed by atoms with van der Waals surface area (Å²) in [6, 6.07) is 20.5. The van der Waals surface area contributed by atoms with Crippen LogP contribution < -0.4 is 32.2 Å². The summed E-state index contributed by atoms with van der Waals surface area (Å²) < 4.78 is 6.05. The first-order valence-electron chi connectivity index (χ1n) is 34.2. The SMILES string of the molecule is CC(C)C[C@@H](C(=O)C[C@@H](CCCN/C(N)=N/[N+](=O)[O-])C(=O)Nc1nccs1)[C@H](C(C)C)N(O)C=O.CC[C@H](C)[C@H](CC(=O)[C@H](CC(C)C)[C@H](C(C)C)N(O)C=O)C(=O)Nc1ccccn1.Cc1cc(COc2ccc([C@]3(N)CCN([C@H](CC(C)C)C(=O)CO)C3=O)cc2)c2ccccc2n1. The van der Waals surface area contributed by atoms with E-state index < -0.39 is 59.0 Å². The number of thiazole rings is 1. The summed E-state index contributed by atoms with van der Waals surface area (Å²) in [5.74, 6) is -3.10. The van der Waals surface area contributed by atoms with Gasteiger partial charge in [-0.25, -0.2) is 30.2 Å². The quantitative estimate of drug-likeness (QED) is 0.00346. The largest absolute Gasteiger partial charge is 0.489 e. The number of benzene rings is 2. The van der Waals surface area contributed by atoms with Gasteiger partial charge in [-0.2, -0.15) is 0 Å². The van der Waals surface area contributed by atoms with Crippen molar-refractivity contribution in [2.45, 2.75) is 178 Å². The zero-order valence-electron chi connectivity index (χ0n) is 60.0. The van der Waals surface area contributed by atoms with Crippen LogP contribution in [-0.2, 0) is 50.5 Å². The Morgan fingerprint density at radius 3 is 1.90 bits per heavy atom. The number of aliphatic hydroxyl groups is 1. The highest BCUT2D eigenvalue weighted by molar-refractivity contribution is 7.13. The lowest BCUT2D eigenvalue weighted by Gasteiger charge is -2.34. The first-order valence-corrected chi connectivity index (χ1v) is 35.1. The van der Waals surface area contributed by atoms with E-state index in [2.05, 4.69) is 36.0 Å². The molecule has 0 aliphatic carbocycles. The molecule has 0 unspecified atom stereocenters. The lowest BCUT2D eigenvalue weighted by Crippen LogP contribution is -2.50. The Bertz CT molecular complexity index is 3470. The van der Waals surface area contributed by atoms with Crippen molar-refractivity contribution in [2.75, 3.05) is 30.3 Å². The van der Waals surface area contributed by atoms with Crippen LogP contribution in [0.25, 0.3) is 10.9 Å². The van der Waals surface area contributed by atoms with Gasteiger partial charge < -0.3 is 42.2 Å². The van der Waals surface area contributed by atoms with Crippen molar-refractivity contribution < 1.29 is 63.6 Å². The highest BCUT2D eigenvalue weighted by Crippen LogP contribution is 2.36. The topological polar surface area (TPSA) is 398 Å². The fourth-order valence-corrected chi connectivity index (χ4v) is 13.1. The number of hydrogen-bond acceptors (Lipinski definition) is 19. The molecule has 100 heavy (non-hydrogen) atoms. The number of aliphatic hydroxyl groups excluding tert-OH is 1. The number of para-hydroxylation sites is 1. The molecule has 6 rings (SSSR count). The number of pyridine rings is 2. The van der Waals surface area contributed by atoms with Gasteiger partial charge in [-0.05, 0) is 123 Å². The molecule has 5 aromatic rings. The second-order valence-electron chi connectivity index (χ2n) is 27.5.